The Morgan fingerprint density at radius 2 is 1.88 bits per heavy atom. The Hall–Kier alpha value is -4.41. The Morgan fingerprint density at radius 3 is 2.52 bits per heavy atom. The summed E-state index contributed by atoms with van der Waals surface area (Å²) in [6, 6.07) is 8.63. The molecule has 0 saturated carbocycles. The van der Waals surface area contributed by atoms with Crippen LogP contribution in [0.25, 0.3) is 0 Å². The van der Waals surface area contributed by atoms with Crippen molar-refractivity contribution in [3.8, 4) is 17.9 Å². The predicted octanol–water partition coefficient (Wildman–Crippen LogP) is 3.52. The quantitative estimate of drug-likeness (QED) is 0.187. The maximum Gasteiger partial charge on any atom is 0.246 e. The van der Waals surface area contributed by atoms with Crippen molar-refractivity contribution in [1.29, 1.82) is 5.26 Å². The summed E-state index contributed by atoms with van der Waals surface area (Å²) in [7, 11) is 5.50. The molecule has 2 rings (SSSR count). The highest BCUT2D eigenvalue weighted by Crippen LogP contribution is 2.18. The molecular weight excluding hydrogens is 504 g/mol. The maximum absolute atomic E-state index is 12.7. The highest BCUT2D eigenvalue weighted by Gasteiger charge is 2.23. The topological polar surface area (TPSA) is 126 Å². The van der Waals surface area contributed by atoms with E-state index in [2.05, 4.69) is 50.8 Å². The van der Waals surface area contributed by atoms with Crippen molar-refractivity contribution in [3.05, 3.63) is 53.7 Å². The van der Waals surface area contributed by atoms with Gasteiger partial charge < -0.3 is 25.8 Å². The van der Waals surface area contributed by atoms with Crippen LogP contribution in [0.15, 0.2) is 42.6 Å². The summed E-state index contributed by atoms with van der Waals surface area (Å²) in [4.78, 5) is 37.5. The summed E-state index contributed by atoms with van der Waals surface area (Å²) in [6.07, 6.45) is 7.69. The summed E-state index contributed by atoms with van der Waals surface area (Å²) < 4.78 is 0. The zero-order chi connectivity index (χ0) is 29.3. The molecular formula is C30H40N8O2. The predicted molar refractivity (Wildman–Crippen MR) is 159 cm³/mol. The number of hydrogen-bond donors (Lipinski definition) is 3. The number of carbonyl (C=O) groups is 2. The molecule has 1 aromatic heterocycles. The lowest BCUT2D eigenvalue weighted by Gasteiger charge is -2.25. The van der Waals surface area contributed by atoms with Gasteiger partial charge in [0.2, 0.25) is 17.8 Å². The van der Waals surface area contributed by atoms with Crippen molar-refractivity contribution >= 4 is 29.3 Å². The largest absolute Gasteiger partial charge is 0.369 e. The summed E-state index contributed by atoms with van der Waals surface area (Å²) in [6.45, 7) is 5.83. The number of likely N-dealkylation sites (N-methyl/N-ethyl adjacent to an activating group) is 2. The van der Waals surface area contributed by atoms with Gasteiger partial charge in [0.25, 0.3) is 0 Å². The third-order valence-corrected chi connectivity index (χ3v) is 5.84. The number of aromatic nitrogens is 2. The van der Waals surface area contributed by atoms with Gasteiger partial charge in [-0.3, -0.25) is 9.59 Å². The number of amides is 2. The van der Waals surface area contributed by atoms with Gasteiger partial charge in [-0.25, -0.2) is 4.98 Å². The highest BCUT2D eigenvalue weighted by atomic mass is 16.2. The SMILES string of the molecule is CCCNc1nc(Nc2ccc(C#N)cc2)ncc1C#CCCCNC(=O)C(CC)N(C)C(=O)/C=C/CN(C)C. The Labute approximate surface area is 237 Å². The standard InChI is InChI=1S/C30H40N8O2/c1-6-18-32-28-24(22-34-30(36-28)35-25-16-14-23(21-31)15-17-25)12-9-8-10-19-33-29(40)26(7-2)38(5)27(39)13-11-20-37(3)4/h11,13-17,22,26H,6-8,10,18-20H2,1-5H3,(H,33,40)(H2,32,34,35,36)/b13-11+. The first kappa shape index (κ1) is 31.8. The van der Waals surface area contributed by atoms with Crippen LogP contribution in [0.3, 0.4) is 0 Å². The number of hydrogen-bond acceptors (Lipinski definition) is 8. The third kappa shape index (κ3) is 10.8. The van der Waals surface area contributed by atoms with E-state index in [9.17, 15) is 9.59 Å². The van der Waals surface area contributed by atoms with Crippen LogP contribution in [0.4, 0.5) is 17.5 Å². The summed E-state index contributed by atoms with van der Waals surface area (Å²) >= 11 is 0. The van der Waals surface area contributed by atoms with Gasteiger partial charge >= 0.3 is 0 Å². The summed E-state index contributed by atoms with van der Waals surface area (Å²) in [5, 5.41) is 18.3. The van der Waals surface area contributed by atoms with Crippen LogP contribution in [0.5, 0.6) is 0 Å². The highest BCUT2D eigenvalue weighted by molar-refractivity contribution is 5.92. The molecule has 40 heavy (non-hydrogen) atoms. The minimum atomic E-state index is -0.525. The van der Waals surface area contributed by atoms with Crippen molar-refractivity contribution in [2.45, 2.75) is 45.6 Å². The second-order valence-electron chi connectivity index (χ2n) is 9.43. The fraction of sp³-hybridized carbons (Fsp3) is 0.433. The Morgan fingerprint density at radius 1 is 1.12 bits per heavy atom. The van der Waals surface area contributed by atoms with Crippen LogP contribution in [-0.2, 0) is 9.59 Å². The molecule has 1 atom stereocenters. The number of benzene rings is 1. The van der Waals surface area contributed by atoms with E-state index in [0.717, 1.165) is 18.7 Å². The Balaban J connectivity index is 1.91. The van der Waals surface area contributed by atoms with E-state index in [1.165, 1.54) is 11.0 Å². The first-order chi connectivity index (χ1) is 19.3. The lowest BCUT2D eigenvalue weighted by atomic mass is 10.1. The summed E-state index contributed by atoms with van der Waals surface area (Å²) in [5.41, 5.74) is 2.05. The van der Waals surface area contributed by atoms with E-state index < -0.39 is 6.04 Å². The second kappa shape index (κ2) is 17.2. The monoisotopic (exact) mass is 544 g/mol. The van der Waals surface area contributed by atoms with E-state index in [1.54, 1.807) is 43.6 Å². The molecule has 0 aliphatic carbocycles. The number of rotatable bonds is 14. The molecule has 2 aromatic rings. The van der Waals surface area contributed by atoms with Gasteiger partial charge in [-0.05, 0) is 57.6 Å². The zero-order valence-corrected chi connectivity index (χ0v) is 24.1. The molecule has 2 amide bonds. The van der Waals surface area contributed by atoms with Gasteiger partial charge in [0.15, 0.2) is 0 Å². The van der Waals surface area contributed by atoms with Gasteiger partial charge in [0, 0.05) is 44.9 Å². The normalized spacial score (nSPS) is 11.3. The van der Waals surface area contributed by atoms with Crippen molar-refractivity contribution in [2.24, 2.45) is 0 Å². The van der Waals surface area contributed by atoms with Crippen molar-refractivity contribution < 1.29 is 9.59 Å². The fourth-order valence-electron chi connectivity index (χ4n) is 3.60. The van der Waals surface area contributed by atoms with Crippen LogP contribution < -0.4 is 16.0 Å². The van der Waals surface area contributed by atoms with Crippen molar-refractivity contribution in [1.82, 2.24) is 25.1 Å². The van der Waals surface area contributed by atoms with E-state index in [4.69, 9.17) is 5.26 Å². The molecule has 0 fully saturated rings. The van der Waals surface area contributed by atoms with Gasteiger partial charge in [-0.1, -0.05) is 31.8 Å². The molecule has 1 aromatic carbocycles. The molecule has 3 N–H and O–H groups in total. The molecule has 0 radical (unpaired) electrons. The third-order valence-electron chi connectivity index (χ3n) is 5.84. The van der Waals surface area contributed by atoms with E-state index in [-0.39, 0.29) is 11.8 Å². The van der Waals surface area contributed by atoms with Crippen LogP contribution in [0, 0.1) is 23.2 Å². The minimum absolute atomic E-state index is 0.169. The number of carbonyl (C=O) groups excluding carboxylic acids is 2. The number of nitriles is 1. The lowest BCUT2D eigenvalue weighted by molar-refractivity contribution is -0.135. The van der Waals surface area contributed by atoms with Crippen LogP contribution in [0.1, 0.15) is 50.7 Å². The Kier molecular flexibility index (Phi) is 13.7. The van der Waals surface area contributed by atoms with Gasteiger partial charge in [-0.15, -0.1) is 0 Å². The van der Waals surface area contributed by atoms with Gasteiger partial charge in [-0.2, -0.15) is 10.2 Å². The van der Waals surface area contributed by atoms with Crippen LogP contribution >= 0.6 is 0 Å². The lowest BCUT2D eigenvalue weighted by Crippen LogP contribution is -2.47. The summed E-state index contributed by atoms with van der Waals surface area (Å²) in [5.74, 6) is 6.99. The first-order valence-corrected chi connectivity index (χ1v) is 13.5. The Bertz CT molecular complexity index is 1240. The molecule has 0 spiro atoms. The zero-order valence-electron chi connectivity index (χ0n) is 24.1. The van der Waals surface area contributed by atoms with Crippen molar-refractivity contribution in [3.63, 3.8) is 0 Å². The average molecular weight is 545 g/mol. The molecule has 10 heteroatoms. The molecule has 1 heterocycles. The molecule has 1 unspecified atom stereocenters. The molecule has 0 aliphatic rings. The smallest absolute Gasteiger partial charge is 0.246 e. The van der Waals surface area contributed by atoms with E-state index in [0.29, 0.717) is 55.2 Å². The maximum atomic E-state index is 12.7. The van der Waals surface area contributed by atoms with Gasteiger partial charge in [0.1, 0.15) is 11.9 Å². The fourth-order valence-corrected chi connectivity index (χ4v) is 3.60. The van der Waals surface area contributed by atoms with E-state index >= 15 is 0 Å². The molecule has 10 nitrogen and oxygen atoms in total. The van der Waals surface area contributed by atoms with Crippen molar-refractivity contribution in [2.75, 3.05) is 51.4 Å². The van der Waals surface area contributed by atoms with E-state index in [1.807, 2.05) is 25.9 Å². The molecule has 212 valence electrons. The van der Waals surface area contributed by atoms with Crippen LogP contribution in [0.2, 0.25) is 0 Å². The average Bonchev–Trinajstić information content (AvgIpc) is 2.94. The number of anilines is 3. The molecule has 0 aliphatic heterocycles. The number of nitrogens with one attached hydrogen (secondary N) is 3. The van der Waals surface area contributed by atoms with Gasteiger partial charge in [0.05, 0.1) is 23.4 Å². The number of unbranched alkanes of at least 4 members (excludes halogenated alkanes) is 1. The second-order valence-corrected chi connectivity index (χ2v) is 9.43. The first-order valence-electron chi connectivity index (χ1n) is 13.5. The molecule has 0 bridgehead atoms. The number of nitrogens with zero attached hydrogens (tertiary/aromatic N) is 5. The minimum Gasteiger partial charge on any atom is -0.369 e. The van der Waals surface area contributed by atoms with Crippen LogP contribution in [-0.4, -0.2) is 78.4 Å². The molecule has 0 saturated heterocycles.